The van der Waals surface area contributed by atoms with E-state index in [0.717, 1.165) is 37.8 Å². The molecule has 1 saturated heterocycles. The number of ether oxygens (including phenoxy) is 1. The van der Waals surface area contributed by atoms with Crippen molar-refractivity contribution in [3.05, 3.63) is 29.2 Å². The molecule has 0 unspecified atom stereocenters. The molecule has 2 aromatic heterocycles. The van der Waals surface area contributed by atoms with Crippen LogP contribution in [0.2, 0.25) is 0 Å². The first-order valence-corrected chi connectivity index (χ1v) is 7.24. The van der Waals surface area contributed by atoms with E-state index in [2.05, 4.69) is 33.1 Å². The molecule has 0 aliphatic carbocycles. The molecule has 0 radical (unpaired) electrons. The number of aromatic nitrogens is 4. The van der Waals surface area contributed by atoms with Gasteiger partial charge in [-0.3, -0.25) is 9.58 Å². The van der Waals surface area contributed by atoms with E-state index in [1.807, 2.05) is 11.6 Å². The van der Waals surface area contributed by atoms with Gasteiger partial charge in [-0.2, -0.15) is 10.1 Å². The number of hydrogen-bond donors (Lipinski definition) is 0. The largest absolute Gasteiger partial charge is 0.374 e. The molecule has 1 atom stereocenters. The molecule has 0 saturated carbocycles. The molecular formula is C14H21N5O2. The highest BCUT2D eigenvalue weighted by atomic mass is 16.5. The van der Waals surface area contributed by atoms with Crippen LogP contribution in [0.15, 0.2) is 10.6 Å². The molecule has 0 spiro atoms. The van der Waals surface area contributed by atoms with Crippen LogP contribution < -0.4 is 0 Å². The summed E-state index contributed by atoms with van der Waals surface area (Å²) < 4.78 is 12.9. The van der Waals surface area contributed by atoms with E-state index in [-0.39, 0.29) is 6.10 Å². The van der Waals surface area contributed by atoms with Gasteiger partial charge in [-0.25, -0.2) is 0 Å². The minimum atomic E-state index is 0.143. The van der Waals surface area contributed by atoms with Crippen LogP contribution in [0.4, 0.5) is 0 Å². The molecule has 1 fully saturated rings. The highest BCUT2D eigenvalue weighted by Gasteiger charge is 2.23. The highest BCUT2D eigenvalue weighted by molar-refractivity contribution is 5.06. The summed E-state index contributed by atoms with van der Waals surface area (Å²) in [6.07, 6.45) is 0.143. The summed E-state index contributed by atoms with van der Waals surface area (Å²) in [6.45, 7) is 9.84. The van der Waals surface area contributed by atoms with Gasteiger partial charge in [-0.1, -0.05) is 5.16 Å². The van der Waals surface area contributed by atoms with Gasteiger partial charge in [0.25, 0.3) is 0 Å². The second-order valence-electron chi connectivity index (χ2n) is 5.57. The first-order chi connectivity index (χ1) is 10.1. The van der Waals surface area contributed by atoms with Crippen LogP contribution in [0, 0.1) is 20.8 Å². The third-order valence-corrected chi connectivity index (χ3v) is 3.64. The Labute approximate surface area is 123 Å². The zero-order valence-electron chi connectivity index (χ0n) is 12.7. The molecular weight excluding hydrogens is 270 g/mol. The van der Waals surface area contributed by atoms with Crippen molar-refractivity contribution in [3.63, 3.8) is 0 Å². The molecule has 2 aromatic rings. The zero-order valence-corrected chi connectivity index (χ0v) is 12.7. The fraction of sp³-hybridized carbons (Fsp3) is 0.643. The molecule has 1 aliphatic heterocycles. The highest BCUT2D eigenvalue weighted by Crippen LogP contribution is 2.12. The van der Waals surface area contributed by atoms with Gasteiger partial charge in [0.15, 0.2) is 5.82 Å². The first-order valence-electron chi connectivity index (χ1n) is 7.24. The van der Waals surface area contributed by atoms with Gasteiger partial charge in [0.05, 0.1) is 31.5 Å². The Morgan fingerprint density at radius 2 is 2.19 bits per heavy atom. The Bertz CT molecular complexity index is 606. The van der Waals surface area contributed by atoms with Crippen molar-refractivity contribution in [1.82, 2.24) is 24.8 Å². The van der Waals surface area contributed by atoms with Crippen molar-refractivity contribution in [1.29, 1.82) is 0 Å². The Hall–Kier alpha value is -1.73. The monoisotopic (exact) mass is 291 g/mol. The van der Waals surface area contributed by atoms with E-state index in [4.69, 9.17) is 9.26 Å². The zero-order chi connectivity index (χ0) is 14.8. The number of nitrogens with zero attached hydrogens (tertiary/aromatic N) is 5. The second kappa shape index (κ2) is 5.95. The van der Waals surface area contributed by atoms with E-state index in [9.17, 15) is 0 Å². The fourth-order valence-corrected chi connectivity index (χ4v) is 2.69. The third kappa shape index (κ3) is 3.48. The summed E-state index contributed by atoms with van der Waals surface area (Å²) in [5, 5.41) is 8.45. The normalized spacial score (nSPS) is 20.0. The van der Waals surface area contributed by atoms with Crippen LogP contribution in [0.5, 0.6) is 0 Å². The summed E-state index contributed by atoms with van der Waals surface area (Å²) in [6, 6.07) is 2.09. The topological polar surface area (TPSA) is 69.2 Å². The van der Waals surface area contributed by atoms with Crippen LogP contribution in [0.1, 0.15) is 23.1 Å². The Morgan fingerprint density at radius 3 is 2.86 bits per heavy atom. The van der Waals surface area contributed by atoms with Crippen LogP contribution in [-0.2, 0) is 17.8 Å². The predicted octanol–water partition coefficient (Wildman–Crippen LogP) is 1.09. The average Bonchev–Trinajstić information content (AvgIpc) is 2.96. The molecule has 0 aromatic carbocycles. The van der Waals surface area contributed by atoms with E-state index in [1.54, 1.807) is 6.92 Å². The van der Waals surface area contributed by atoms with Crippen LogP contribution >= 0.6 is 0 Å². The van der Waals surface area contributed by atoms with E-state index >= 15 is 0 Å². The predicted molar refractivity (Wildman–Crippen MR) is 75.8 cm³/mol. The number of aryl methyl sites for hydroxylation is 3. The molecule has 114 valence electrons. The Morgan fingerprint density at radius 1 is 1.33 bits per heavy atom. The van der Waals surface area contributed by atoms with Gasteiger partial charge in [0.2, 0.25) is 5.89 Å². The molecule has 7 nitrogen and oxygen atoms in total. The lowest BCUT2D eigenvalue weighted by molar-refractivity contribution is -0.0413. The van der Waals surface area contributed by atoms with Crippen LogP contribution in [0.25, 0.3) is 0 Å². The fourth-order valence-electron chi connectivity index (χ4n) is 2.69. The molecule has 0 bridgehead atoms. The standard InChI is InChI=1S/C14H21N5O2/c1-10-6-11(2)19(16-10)8-13-7-18(4-5-20-13)9-14-15-12(3)21-17-14/h6,13H,4-5,7-9H2,1-3H3/t13-/m0/s1. The number of hydrogen-bond acceptors (Lipinski definition) is 6. The summed E-state index contributed by atoms with van der Waals surface area (Å²) >= 11 is 0. The minimum Gasteiger partial charge on any atom is -0.374 e. The lowest BCUT2D eigenvalue weighted by Gasteiger charge is -2.32. The van der Waals surface area contributed by atoms with Gasteiger partial charge in [-0.15, -0.1) is 0 Å². The lowest BCUT2D eigenvalue weighted by atomic mass is 10.2. The van der Waals surface area contributed by atoms with Gasteiger partial charge >= 0.3 is 0 Å². The molecule has 7 heteroatoms. The first kappa shape index (κ1) is 14.2. The van der Waals surface area contributed by atoms with Crippen molar-refractivity contribution in [2.24, 2.45) is 0 Å². The van der Waals surface area contributed by atoms with Gasteiger partial charge in [-0.05, 0) is 19.9 Å². The minimum absolute atomic E-state index is 0.143. The van der Waals surface area contributed by atoms with E-state index in [0.29, 0.717) is 12.4 Å². The smallest absolute Gasteiger partial charge is 0.223 e. The summed E-state index contributed by atoms with van der Waals surface area (Å²) in [7, 11) is 0. The van der Waals surface area contributed by atoms with Gasteiger partial charge in [0.1, 0.15) is 0 Å². The summed E-state index contributed by atoms with van der Waals surface area (Å²) in [5.74, 6) is 1.34. The van der Waals surface area contributed by atoms with E-state index in [1.165, 1.54) is 5.69 Å². The molecule has 21 heavy (non-hydrogen) atoms. The quantitative estimate of drug-likeness (QED) is 0.840. The van der Waals surface area contributed by atoms with E-state index < -0.39 is 0 Å². The lowest BCUT2D eigenvalue weighted by Crippen LogP contribution is -2.44. The van der Waals surface area contributed by atoms with Crippen LogP contribution in [0.3, 0.4) is 0 Å². The third-order valence-electron chi connectivity index (χ3n) is 3.64. The maximum absolute atomic E-state index is 5.85. The van der Waals surface area contributed by atoms with Crippen LogP contribution in [-0.4, -0.2) is 50.6 Å². The Balaban J connectivity index is 1.59. The maximum atomic E-state index is 5.85. The van der Waals surface area contributed by atoms with Crippen molar-refractivity contribution in [2.75, 3.05) is 19.7 Å². The molecule has 3 heterocycles. The van der Waals surface area contributed by atoms with Crippen molar-refractivity contribution < 1.29 is 9.26 Å². The number of morpholine rings is 1. The molecule has 0 amide bonds. The maximum Gasteiger partial charge on any atom is 0.223 e. The van der Waals surface area contributed by atoms with Crippen molar-refractivity contribution in [2.45, 2.75) is 40.0 Å². The van der Waals surface area contributed by atoms with Crippen molar-refractivity contribution >= 4 is 0 Å². The molecule has 0 N–H and O–H groups in total. The van der Waals surface area contributed by atoms with Gasteiger partial charge in [0, 0.05) is 25.7 Å². The molecule has 1 aliphatic rings. The Kier molecular flexibility index (Phi) is 4.03. The van der Waals surface area contributed by atoms with Gasteiger partial charge < -0.3 is 9.26 Å². The number of rotatable bonds is 4. The van der Waals surface area contributed by atoms with Crippen molar-refractivity contribution in [3.8, 4) is 0 Å². The second-order valence-corrected chi connectivity index (χ2v) is 5.57. The molecule has 3 rings (SSSR count). The summed E-state index contributed by atoms with van der Waals surface area (Å²) in [4.78, 5) is 6.55. The average molecular weight is 291 g/mol. The summed E-state index contributed by atoms with van der Waals surface area (Å²) in [5.41, 5.74) is 2.21. The SMILES string of the molecule is Cc1cc(C)n(C[C@@H]2CN(Cc3noc(C)n3)CCO2)n1.